The highest BCUT2D eigenvalue weighted by Crippen LogP contribution is 2.16. The second-order valence-corrected chi connectivity index (χ2v) is 3.87. The summed E-state index contributed by atoms with van der Waals surface area (Å²) < 4.78 is 4.92. The van der Waals surface area contributed by atoms with Crippen LogP contribution in [-0.4, -0.2) is 28.0 Å². The average molecular weight is 280 g/mol. The number of aromatic nitrogens is 3. The second-order valence-electron chi connectivity index (χ2n) is 3.49. The van der Waals surface area contributed by atoms with E-state index in [0.29, 0.717) is 5.69 Å². The maximum atomic E-state index is 11.9. The van der Waals surface area contributed by atoms with Gasteiger partial charge >= 0.3 is 0 Å². The molecule has 0 aliphatic carbocycles. The molecule has 0 fully saturated rings. The van der Waals surface area contributed by atoms with Crippen molar-refractivity contribution in [3.8, 4) is 5.88 Å². The van der Waals surface area contributed by atoms with Crippen molar-refractivity contribution in [3.05, 3.63) is 35.2 Å². The normalized spacial score (nSPS) is 10.0. The number of nitrogens with zero attached hydrogens (tertiary/aromatic N) is 3. The Kier molecular flexibility index (Phi) is 3.76. The Morgan fingerprint density at radius 2 is 2.21 bits per heavy atom. The van der Waals surface area contributed by atoms with Gasteiger partial charge in [0, 0.05) is 6.07 Å². The number of pyridine rings is 1. The van der Waals surface area contributed by atoms with Gasteiger partial charge < -0.3 is 10.5 Å². The molecule has 0 spiro atoms. The number of ether oxygens (including phenoxy) is 1. The Morgan fingerprint density at radius 3 is 2.84 bits per heavy atom. The number of anilines is 2. The standard InChI is InChI=1S/C11H10ClN5O2/c1-19-9-4-8(12)15-11(16-9)17-10(18)7-3-2-6(13)5-14-7/h2-5H,13H2,1H3,(H,15,16,17,18). The Bertz CT molecular complexity index is 603. The number of nitrogens with one attached hydrogen (secondary N) is 1. The third-order valence-corrected chi connectivity index (χ3v) is 2.32. The molecule has 0 aliphatic rings. The molecule has 0 bridgehead atoms. The summed E-state index contributed by atoms with van der Waals surface area (Å²) in [7, 11) is 1.44. The SMILES string of the molecule is COc1cc(Cl)nc(NC(=O)c2ccc(N)cn2)n1. The van der Waals surface area contributed by atoms with Crippen molar-refractivity contribution in [1.82, 2.24) is 15.0 Å². The van der Waals surface area contributed by atoms with E-state index in [4.69, 9.17) is 22.1 Å². The van der Waals surface area contributed by atoms with E-state index in [0.717, 1.165) is 0 Å². The molecule has 2 heterocycles. The fourth-order valence-electron chi connectivity index (χ4n) is 1.26. The minimum atomic E-state index is -0.468. The molecule has 0 saturated heterocycles. The van der Waals surface area contributed by atoms with Gasteiger partial charge in [0.15, 0.2) is 0 Å². The number of hydrogen-bond acceptors (Lipinski definition) is 6. The van der Waals surface area contributed by atoms with Crippen LogP contribution in [0, 0.1) is 0 Å². The first-order chi connectivity index (χ1) is 9.08. The van der Waals surface area contributed by atoms with Crippen LogP contribution in [0.15, 0.2) is 24.4 Å². The quantitative estimate of drug-likeness (QED) is 0.823. The Balaban J connectivity index is 2.18. The van der Waals surface area contributed by atoms with Crippen molar-refractivity contribution in [3.63, 3.8) is 0 Å². The topological polar surface area (TPSA) is 103 Å². The molecule has 1 amide bonds. The fraction of sp³-hybridized carbons (Fsp3) is 0.0909. The molecule has 8 heteroatoms. The summed E-state index contributed by atoms with van der Waals surface area (Å²) in [5, 5.41) is 2.62. The summed E-state index contributed by atoms with van der Waals surface area (Å²) in [5.41, 5.74) is 6.15. The lowest BCUT2D eigenvalue weighted by atomic mass is 10.3. The van der Waals surface area contributed by atoms with Gasteiger partial charge in [-0.1, -0.05) is 11.6 Å². The van der Waals surface area contributed by atoms with Gasteiger partial charge in [-0.2, -0.15) is 4.98 Å². The monoisotopic (exact) mass is 279 g/mol. The van der Waals surface area contributed by atoms with Crippen LogP contribution in [0.2, 0.25) is 5.15 Å². The van der Waals surface area contributed by atoms with Gasteiger partial charge in [-0.3, -0.25) is 10.1 Å². The molecule has 0 aliphatic heterocycles. The van der Waals surface area contributed by atoms with Crippen molar-refractivity contribution in [2.75, 3.05) is 18.2 Å². The van der Waals surface area contributed by atoms with E-state index in [1.54, 1.807) is 6.07 Å². The lowest BCUT2D eigenvalue weighted by molar-refractivity contribution is 0.102. The summed E-state index contributed by atoms with van der Waals surface area (Å²) in [5.74, 6) is -0.183. The molecule has 0 atom stereocenters. The molecule has 2 rings (SSSR count). The van der Waals surface area contributed by atoms with Crippen LogP contribution < -0.4 is 15.8 Å². The third kappa shape index (κ3) is 3.29. The van der Waals surface area contributed by atoms with Crippen LogP contribution in [0.5, 0.6) is 5.88 Å². The molecule has 2 aromatic heterocycles. The molecule has 0 unspecified atom stereocenters. The summed E-state index contributed by atoms with van der Waals surface area (Å²) in [6, 6.07) is 4.49. The van der Waals surface area contributed by atoms with Gasteiger partial charge in [0.05, 0.1) is 19.0 Å². The van der Waals surface area contributed by atoms with E-state index in [1.165, 1.54) is 25.4 Å². The number of amides is 1. The summed E-state index contributed by atoms with van der Waals surface area (Å²) in [4.78, 5) is 23.5. The molecular formula is C11H10ClN5O2. The molecule has 0 aromatic carbocycles. The maximum absolute atomic E-state index is 11.9. The first-order valence-electron chi connectivity index (χ1n) is 5.20. The fourth-order valence-corrected chi connectivity index (χ4v) is 1.44. The van der Waals surface area contributed by atoms with E-state index in [9.17, 15) is 4.79 Å². The number of nitrogen functional groups attached to an aromatic ring is 1. The van der Waals surface area contributed by atoms with Crippen LogP contribution in [-0.2, 0) is 0 Å². The highest BCUT2D eigenvalue weighted by molar-refractivity contribution is 6.29. The Hall–Kier alpha value is -2.41. The zero-order valence-corrected chi connectivity index (χ0v) is 10.7. The van der Waals surface area contributed by atoms with Crippen molar-refractivity contribution in [2.24, 2.45) is 0 Å². The van der Waals surface area contributed by atoms with E-state index in [1.807, 2.05) is 0 Å². The van der Waals surface area contributed by atoms with Crippen LogP contribution in [0.4, 0.5) is 11.6 Å². The Morgan fingerprint density at radius 1 is 1.42 bits per heavy atom. The number of methoxy groups -OCH3 is 1. The maximum Gasteiger partial charge on any atom is 0.276 e. The molecule has 7 nitrogen and oxygen atoms in total. The first kappa shape index (κ1) is 13.0. The largest absolute Gasteiger partial charge is 0.481 e. The molecule has 2 aromatic rings. The number of rotatable bonds is 3. The van der Waals surface area contributed by atoms with Crippen molar-refractivity contribution < 1.29 is 9.53 Å². The second kappa shape index (κ2) is 5.49. The smallest absolute Gasteiger partial charge is 0.276 e. The van der Waals surface area contributed by atoms with Gasteiger partial charge in [-0.25, -0.2) is 9.97 Å². The van der Waals surface area contributed by atoms with Crippen molar-refractivity contribution in [2.45, 2.75) is 0 Å². The summed E-state index contributed by atoms with van der Waals surface area (Å²) in [6.45, 7) is 0. The number of carbonyl (C=O) groups excluding carboxylic acids is 1. The van der Waals surface area contributed by atoms with Gasteiger partial charge in [-0.05, 0) is 12.1 Å². The predicted molar refractivity (Wildman–Crippen MR) is 70.2 cm³/mol. The van der Waals surface area contributed by atoms with Crippen LogP contribution in [0.25, 0.3) is 0 Å². The van der Waals surface area contributed by atoms with Crippen molar-refractivity contribution in [1.29, 1.82) is 0 Å². The lowest BCUT2D eigenvalue weighted by Gasteiger charge is -2.05. The average Bonchev–Trinajstić information content (AvgIpc) is 2.38. The van der Waals surface area contributed by atoms with Gasteiger partial charge in [0.25, 0.3) is 5.91 Å². The predicted octanol–water partition coefficient (Wildman–Crippen LogP) is 1.37. The molecular weight excluding hydrogens is 270 g/mol. The zero-order valence-electron chi connectivity index (χ0n) is 9.92. The molecule has 3 N–H and O–H groups in total. The summed E-state index contributed by atoms with van der Waals surface area (Å²) >= 11 is 5.76. The van der Waals surface area contributed by atoms with E-state index < -0.39 is 5.91 Å². The van der Waals surface area contributed by atoms with Crippen LogP contribution in [0.1, 0.15) is 10.5 Å². The van der Waals surface area contributed by atoms with Crippen LogP contribution >= 0.6 is 11.6 Å². The minimum absolute atomic E-state index is 0.0352. The number of halogens is 1. The van der Waals surface area contributed by atoms with Gasteiger partial charge in [0.1, 0.15) is 10.8 Å². The number of nitrogens with two attached hydrogens (primary N) is 1. The zero-order chi connectivity index (χ0) is 13.8. The van der Waals surface area contributed by atoms with E-state index in [2.05, 4.69) is 20.3 Å². The minimum Gasteiger partial charge on any atom is -0.481 e. The van der Waals surface area contributed by atoms with Gasteiger partial charge in [-0.15, -0.1) is 0 Å². The van der Waals surface area contributed by atoms with E-state index >= 15 is 0 Å². The lowest BCUT2D eigenvalue weighted by Crippen LogP contribution is -2.16. The molecule has 19 heavy (non-hydrogen) atoms. The number of hydrogen-bond donors (Lipinski definition) is 2. The molecule has 98 valence electrons. The highest BCUT2D eigenvalue weighted by atomic mass is 35.5. The van der Waals surface area contributed by atoms with Gasteiger partial charge in [0.2, 0.25) is 11.8 Å². The molecule has 0 saturated carbocycles. The summed E-state index contributed by atoms with van der Waals surface area (Å²) in [6.07, 6.45) is 1.38. The van der Waals surface area contributed by atoms with Crippen LogP contribution in [0.3, 0.4) is 0 Å². The first-order valence-corrected chi connectivity index (χ1v) is 5.58. The number of carbonyl (C=O) groups is 1. The molecule has 0 radical (unpaired) electrons. The highest BCUT2D eigenvalue weighted by Gasteiger charge is 2.11. The van der Waals surface area contributed by atoms with E-state index in [-0.39, 0.29) is 22.7 Å². The van der Waals surface area contributed by atoms with Crippen molar-refractivity contribution >= 4 is 29.1 Å². The third-order valence-electron chi connectivity index (χ3n) is 2.12. The Labute approximate surface area is 113 Å².